The Labute approximate surface area is 459 Å². The minimum absolute atomic E-state index is 0.0156. The van der Waals surface area contributed by atoms with Crippen LogP contribution in [0.1, 0.15) is 101 Å². The number of rotatable bonds is 20. The fourth-order valence-electron chi connectivity index (χ4n) is 14.0. The number of hydrogen-bond acceptors (Lipinski definition) is 12. The fraction of sp³-hybridized carbons (Fsp3) is 0.475. The number of para-hydroxylation sites is 1. The molecule has 2 aliphatic heterocycles. The molecule has 7 aliphatic rings. The number of ether oxygens (including phenoxy) is 3. The van der Waals surface area contributed by atoms with E-state index in [1.807, 2.05) is 62.4 Å². The second kappa shape index (κ2) is 22.9. The van der Waals surface area contributed by atoms with Crippen LogP contribution in [0.3, 0.4) is 0 Å². The molecule has 5 aliphatic carbocycles. The number of ketones is 2. The van der Waals surface area contributed by atoms with Crippen molar-refractivity contribution in [2.24, 2.45) is 28.6 Å². The van der Waals surface area contributed by atoms with Crippen LogP contribution in [0.25, 0.3) is 11.1 Å². The van der Waals surface area contributed by atoms with Crippen molar-refractivity contribution in [2.45, 2.75) is 122 Å². The average Bonchev–Trinajstić information content (AvgIpc) is 2.48. The van der Waals surface area contributed by atoms with Crippen LogP contribution in [0.5, 0.6) is 0 Å². The lowest BCUT2D eigenvalue weighted by atomic mass is 9.46. The second-order valence-electron chi connectivity index (χ2n) is 22.5. The number of hydrogen-bond donors (Lipinski definition) is 6. The van der Waals surface area contributed by atoms with Crippen LogP contribution in [-0.2, 0) is 65.5 Å². The maximum absolute atomic E-state index is 14.6. The summed E-state index contributed by atoms with van der Waals surface area (Å²) in [4.78, 5) is 108. The van der Waals surface area contributed by atoms with Crippen LogP contribution >= 0.6 is 0 Å². The van der Waals surface area contributed by atoms with E-state index in [-0.39, 0.29) is 61.2 Å². The van der Waals surface area contributed by atoms with Crippen molar-refractivity contribution in [3.05, 3.63) is 125 Å². The van der Waals surface area contributed by atoms with Gasteiger partial charge in [-0.1, -0.05) is 112 Å². The van der Waals surface area contributed by atoms with Crippen molar-refractivity contribution in [3.63, 3.8) is 0 Å². The number of benzene rings is 3. The molecule has 4 fully saturated rings. The lowest BCUT2D eigenvalue weighted by Crippen LogP contribution is -2.63. The molecule has 10 rings (SSSR count). The Kier molecular flexibility index (Phi) is 16.0. The first kappa shape index (κ1) is 55.2. The van der Waals surface area contributed by atoms with Crippen LogP contribution in [0.2, 0.25) is 0 Å². The zero-order valence-corrected chi connectivity index (χ0v) is 45.0. The minimum Gasteiger partial charge on any atom is -0.393 e. The Morgan fingerprint density at radius 3 is 2.32 bits per heavy atom. The summed E-state index contributed by atoms with van der Waals surface area (Å²) >= 11 is 0. The van der Waals surface area contributed by atoms with E-state index in [0.29, 0.717) is 37.8 Å². The molecule has 2 heterocycles. The van der Waals surface area contributed by atoms with E-state index in [2.05, 4.69) is 39.6 Å². The number of carbonyl (C=O) groups excluding carboxylic acids is 8. The van der Waals surface area contributed by atoms with Gasteiger partial charge in [0, 0.05) is 41.6 Å². The molecule has 6 amide bonds. The quantitative estimate of drug-likeness (QED) is 0.0675. The van der Waals surface area contributed by atoms with E-state index in [9.17, 15) is 43.5 Å². The van der Waals surface area contributed by atoms with Gasteiger partial charge < -0.3 is 50.8 Å². The van der Waals surface area contributed by atoms with Gasteiger partial charge in [-0.2, -0.15) is 0 Å². The monoisotopic (exact) mass is 1080 g/mol. The second-order valence-corrected chi connectivity index (χ2v) is 22.5. The van der Waals surface area contributed by atoms with Gasteiger partial charge in [0.25, 0.3) is 0 Å². The smallest absolute Gasteiger partial charge is 0.243 e. The molecule has 18 heteroatoms. The summed E-state index contributed by atoms with van der Waals surface area (Å²) in [6, 6.07) is 23.5. The lowest BCUT2D eigenvalue weighted by molar-refractivity contribution is -0.201. The number of Topliss-reactive ketones (excluding diaryl/α,β-unsaturated/α-hetero) is 1. The predicted molar refractivity (Wildman–Crippen MR) is 291 cm³/mol. The van der Waals surface area contributed by atoms with Crippen LogP contribution in [0.15, 0.2) is 103 Å². The molecule has 18 nitrogen and oxygen atoms in total. The lowest BCUT2D eigenvalue weighted by Gasteiger charge is -2.59. The third-order valence-electron chi connectivity index (χ3n) is 17.7. The number of carbonyl (C=O) groups is 8. The molecule has 10 atom stereocenters. The number of fused-ring (bicyclic) bond motifs is 11. The summed E-state index contributed by atoms with van der Waals surface area (Å²) in [6.45, 7) is 4.27. The van der Waals surface area contributed by atoms with Crippen molar-refractivity contribution >= 4 is 63.8 Å². The van der Waals surface area contributed by atoms with Gasteiger partial charge in [0.05, 0.1) is 44.1 Å². The van der Waals surface area contributed by atoms with E-state index in [4.69, 9.17) is 14.2 Å². The molecule has 0 bridgehead atoms. The van der Waals surface area contributed by atoms with Crippen LogP contribution in [0.4, 0.5) is 5.69 Å². The van der Waals surface area contributed by atoms with Gasteiger partial charge in [-0.15, -0.1) is 0 Å². The van der Waals surface area contributed by atoms with Crippen molar-refractivity contribution in [1.82, 2.24) is 26.6 Å². The molecule has 1 saturated heterocycles. The van der Waals surface area contributed by atoms with Gasteiger partial charge >= 0.3 is 0 Å². The molecular weight excluding hydrogens is 1010 g/mol. The van der Waals surface area contributed by atoms with Crippen molar-refractivity contribution < 1.29 is 57.7 Å². The molecule has 79 heavy (non-hydrogen) atoms. The van der Waals surface area contributed by atoms with Crippen molar-refractivity contribution in [3.8, 4) is 0 Å². The molecule has 416 valence electrons. The summed E-state index contributed by atoms with van der Waals surface area (Å²) < 4.78 is 19.0. The Bertz CT molecular complexity index is 3030. The van der Waals surface area contributed by atoms with Gasteiger partial charge in [-0.25, -0.2) is 0 Å². The highest BCUT2D eigenvalue weighted by Gasteiger charge is 2.75. The molecule has 3 aromatic carbocycles. The highest BCUT2D eigenvalue weighted by atomic mass is 16.7. The van der Waals surface area contributed by atoms with Gasteiger partial charge in [0.15, 0.2) is 23.5 Å². The number of nitrogens with one attached hydrogen (secondary N) is 5. The zero-order valence-electron chi connectivity index (χ0n) is 45.0. The number of nitrogens with zero attached hydrogens (tertiary/aromatic N) is 1. The number of amides is 6. The molecule has 0 spiro atoms. The maximum atomic E-state index is 14.6. The summed E-state index contributed by atoms with van der Waals surface area (Å²) in [5.74, 6) is -3.91. The molecule has 6 N–H and O–H groups in total. The molecule has 3 aromatic rings. The van der Waals surface area contributed by atoms with Crippen LogP contribution < -0.4 is 31.5 Å². The van der Waals surface area contributed by atoms with E-state index in [1.54, 1.807) is 47.4 Å². The Balaban J connectivity index is 0.677. The number of anilines is 1. The average molecular weight is 1080 g/mol. The van der Waals surface area contributed by atoms with Gasteiger partial charge in [0.1, 0.15) is 19.4 Å². The molecule has 3 saturated carbocycles. The fourth-order valence-corrected chi connectivity index (χ4v) is 14.0. The third-order valence-corrected chi connectivity index (χ3v) is 17.7. The van der Waals surface area contributed by atoms with Crippen molar-refractivity contribution in [1.29, 1.82) is 0 Å². The minimum atomic E-state index is -1.40. The molecular formula is C61H70N6O12. The van der Waals surface area contributed by atoms with Crippen LogP contribution in [0, 0.1) is 28.6 Å². The van der Waals surface area contributed by atoms with Crippen LogP contribution in [-0.4, -0.2) is 115 Å². The number of allylic oxidation sites excluding steroid dienone is 6. The van der Waals surface area contributed by atoms with E-state index in [0.717, 1.165) is 47.2 Å². The largest absolute Gasteiger partial charge is 0.393 e. The first-order valence-corrected chi connectivity index (χ1v) is 27.7. The predicted octanol–water partition coefficient (Wildman–Crippen LogP) is 4.53. The Morgan fingerprint density at radius 1 is 0.823 bits per heavy atom. The van der Waals surface area contributed by atoms with E-state index >= 15 is 0 Å². The SMILES string of the molecule is CCCC1O[C@@H]2C[C@H]3[C@@H]4CCC5=CC(=O)C=C[C@]5(C)C4[C@@H](O)C[C@]3(C)[C@]2(C(=O)COCNC(=O)CNC(=O)[C@H](Cc2ccccc2)NC(=O)CNC(=O)CNC(=O)CCC(=O)N2Cc3ccccc3C3=C(C3)c3ccccc32)O1. The van der Waals surface area contributed by atoms with E-state index < -0.39 is 96.7 Å². The molecule has 2 unspecified atom stereocenters. The molecule has 0 radical (unpaired) electrons. The standard InChI is InChI=1S/C61H70N6O12/c1-4-12-56-78-50-28-45-42-20-19-38-26-39(68)23-24-59(38,2)57(42)48(69)29-60(45,3)61(50,79-56)49(70)34-77-35-65-53(73)31-64-58(76)46(25-36-13-6-5-7-14-36)66-54(74)32-63-52(72)30-62-51(71)21-22-55(75)67-33-37-15-8-9-16-40(37)43-27-44(43)41-17-10-11-18-47(41)67/h5-11,13-18,23-24,26,42,45-46,48,50,56-57,69H,4,12,19-22,25,27-35H2,1-3H3,(H,62,71)(H,63,72)(H,64,76)(H,65,73)(H,66,74)/t42-,45-,46-,48-,50+,56?,57?,59-,60-,61+/m0/s1. The summed E-state index contributed by atoms with van der Waals surface area (Å²) in [7, 11) is 0. The highest BCUT2D eigenvalue weighted by Crippen LogP contribution is 2.70. The van der Waals surface area contributed by atoms with E-state index in [1.165, 1.54) is 11.1 Å². The van der Waals surface area contributed by atoms with Gasteiger partial charge in [-0.05, 0) is 96.4 Å². The zero-order chi connectivity index (χ0) is 55.6. The summed E-state index contributed by atoms with van der Waals surface area (Å²) in [6.07, 6.45) is 7.67. The Morgan fingerprint density at radius 2 is 1.52 bits per heavy atom. The molecule has 0 aromatic heterocycles. The number of aliphatic hydroxyl groups excluding tert-OH is 1. The normalized spacial score (nSPS) is 28.1. The first-order valence-electron chi connectivity index (χ1n) is 27.7. The number of aliphatic hydroxyl groups is 1. The summed E-state index contributed by atoms with van der Waals surface area (Å²) in [5, 5.41) is 24.8. The maximum Gasteiger partial charge on any atom is 0.243 e. The van der Waals surface area contributed by atoms with Crippen molar-refractivity contribution in [2.75, 3.05) is 37.9 Å². The first-order chi connectivity index (χ1) is 38.0. The summed E-state index contributed by atoms with van der Waals surface area (Å²) in [5.41, 5.74) is 5.50. The topological polar surface area (TPSA) is 248 Å². The Hall–Kier alpha value is -7.12. The van der Waals surface area contributed by atoms with Gasteiger partial charge in [0.2, 0.25) is 35.4 Å². The highest BCUT2D eigenvalue weighted by molar-refractivity contribution is 6.13. The van der Waals surface area contributed by atoms with Gasteiger partial charge in [-0.3, -0.25) is 38.4 Å². The third kappa shape index (κ3) is 11.0.